The minimum absolute atomic E-state index is 0.0419. The zero-order valence-corrected chi connectivity index (χ0v) is 12.3. The first-order chi connectivity index (χ1) is 9.67. The summed E-state index contributed by atoms with van der Waals surface area (Å²) in [7, 11) is 0. The standard InChI is InChI=1S/C14H21N5O/c1-4-6-17-9-15-11-12-16-10(3)8-19(12)14(20)18(7-5-2)13(11)17/h9-10H,4-8H2,1-3H3/t10-/m1/s1. The summed E-state index contributed by atoms with van der Waals surface area (Å²) < 4.78 is 2.08. The molecule has 0 saturated heterocycles. The average Bonchev–Trinajstić information content (AvgIpc) is 2.99. The molecule has 3 rings (SSSR count). The van der Waals surface area contributed by atoms with Crippen LogP contribution < -0.4 is 4.90 Å². The molecule has 3 heterocycles. The maximum Gasteiger partial charge on any atom is 0.331 e. The van der Waals surface area contributed by atoms with Crippen molar-refractivity contribution in [3.05, 3.63) is 12.0 Å². The van der Waals surface area contributed by atoms with Crippen molar-refractivity contribution in [2.75, 3.05) is 18.0 Å². The topological polar surface area (TPSA) is 53.7 Å². The molecule has 1 aromatic heterocycles. The van der Waals surface area contributed by atoms with E-state index in [-0.39, 0.29) is 12.1 Å². The highest BCUT2D eigenvalue weighted by Gasteiger charge is 2.41. The lowest BCUT2D eigenvalue weighted by molar-refractivity contribution is 0.227. The summed E-state index contributed by atoms with van der Waals surface area (Å²) in [5.74, 6) is 1.67. The minimum atomic E-state index is 0.0419. The maximum absolute atomic E-state index is 12.7. The van der Waals surface area contributed by atoms with Gasteiger partial charge in [-0.1, -0.05) is 13.8 Å². The van der Waals surface area contributed by atoms with Crippen LogP contribution in [-0.4, -0.2) is 45.4 Å². The lowest BCUT2D eigenvalue weighted by Crippen LogP contribution is -2.51. The summed E-state index contributed by atoms with van der Waals surface area (Å²) in [6.07, 6.45) is 3.78. The summed E-state index contributed by atoms with van der Waals surface area (Å²) in [5.41, 5.74) is 0.857. The molecule has 2 aliphatic rings. The number of hydrogen-bond acceptors (Lipinski definition) is 3. The second-order valence-electron chi connectivity index (χ2n) is 5.46. The Bertz CT molecular complexity index is 562. The molecule has 20 heavy (non-hydrogen) atoms. The molecule has 108 valence electrons. The Morgan fingerprint density at radius 2 is 2.05 bits per heavy atom. The fraction of sp³-hybridized carbons (Fsp3) is 0.643. The number of rotatable bonds is 4. The number of nitrogens with zero attached hydrogens (tertiary/aromatic N) is 5. The van der Waals surface area contributed by atoms with Crippen molar-refractivity contribution in [1.29, 1.82) is 0 Å². The van der Waals surface area contributed by atoms with Gasteiger partial charge in [-0.3, -0.25) is 14.8 Å². The fourth-order valence-electron chi connectivity index (χ4n) is 2.91. The quantitative estimate of drug-likeness (QED) is 0.845. The van der Waals surface area contributed by atoms with Gasteiger partial charge in [0.1, 0.15) is 11.5 Å². The smallest absolute Gasteiger partial charge is 0.316 e. The van der Waals surface area contributed by atoms with Crippen LogP contribution in [-0.2, 0) is 6.54 Å². The number of imidazole rings is 1. The van der Waals surface area contributed by atoms with Crippen molar-refractivity contribution in [1.82, 2.24) is 14.5 Å². The lowest BCUT2D eigenvalue weighted by Gasteiger charge is -2.33. The van der Waals surface area contributed by atoms with Gasteiger partial charge in [0.25, 0.3) is 0 Å². The molecule has 2 amide bonds. The average molecular weight is 275 g/mol. The van der Waals surface area contributed by atoms with Gasteiger partial charge in [0.15, 0.2) is 5.84 Å². The highest BCUT2D eigenvalue weighted by Crippen LogP contribution is 2.31. The molecule has 2 aliphatic heterocycles. The van der Waals surface area contributed by atoms with Crippen LogP contribution in [0.15, 0.2) is 11.3 Å². The van der Waals surface area contributed by atoms with Crippen LogP contribution in [0, 0.1) is 0 Å². The van der Waals surface area contributed by atoms with E-state index in [1.54, 1.807) is 4.90 Å². The Balaban J connectivity index is 2.11. The minimum Gasteiger partial charge on any atom is -0.316 e. The third-order valence-corrected chi connectivity index (χ3v) is 3.70. The predicted molar refractivity (Wildman–Crippen MR) is 78.3 cm³/mol. The molecule has 0 aliphatic carbocycles. The molecule has 0 spiro atoms. The van der Waals surface area contributed by atoms with Crippen LogP contribution in [0.1, 0.15) is 39.3 Å². The monoisotopic (exact) mass is 275 g/mol. The molecule has 1 atom stereocenters. The predicted octanol–water partition coefficient (Wildman–Crippen LogP) is 2.09. The molecule has 0 N–H and O–H groups in total. The zero-order chi connectivity index (χ0) is 14.3. The van der Waals surface area contributed by atoms with Crippen LogP contribution in [0.3, 0.4) is 0 Å². The summed E-state index contributed by atoms with van der Waals surface area (Å²) in [4.78, 5) is 25.4. The van der Waals surface area contributed by atoms with E-state index in [0.717, 1.165) is 43.3 Å². The second kappa shape index (κ2) is 4.92. The number of amidine groups is 1. The van der Waals surface area contributed by atoms with Gasteiger partial charge < -0.3 is 4.57 Å². The Labute approximate surface area is 119 Å². The summed E-state index contributed by atoms with van der Waals surface area (Å²) in [6, 6.07) is 0.194. The molecule has 1 aromatic rings. The van der Waals surface area contributed by atoms with Gasteiger partial charge in [-0.2, -0.15) is 0 Å². The van der Waals surface area contributed by atoms with Crippen LogP contribution in [0.25, 0.3) is 0 Å². The molecule has 6 nitrogen and oxygen atoms in total. The second-order valence-corrected chi connectivity index (χ2v) is 5.46. The van der Waals surface area contributed by atoms with Gasteiger partial charge >= 0.3 is 6.03 Å². The van der Waals surface area contributed by atoms with Gasteiger partial charge in [0, 0.05) is 13.1 Å². The van der Waals surface area contributed by atoms with E-state index >= 15 is 0 Å². The highest BCUT2D eigenvalue weighted by atomic mass is 16.2. The molecule has 0 radical (unpaired) electrons. The fourth-order valence-corrected chi connectivity index (χ4v) is 2.91. The van der Waals surface area contributed by atoms with E-state index < -0.39 is 0 Å². The molecular formula is C14H21N5O. The molecule has 6 heteroatoms. The Morgan fingerprint density at radius 1 is 1.30 bits per heavy atom. The number of aliphatic imine (C=N–C) groups is 1. The molecule has 0 fully saturated rings. The van der Waals surface area contributed by atoms with Gasteiger partial charge in [0.05, 0.1) is 18.9 Å². The number of aryl methyl sites for hydroxylation is 1. The number of carbonyl (C=O) groups excluding carboxylic acids is 1. The van der Waals surface area contributed by atoms with E-state index in [0.29, 0.717) is 6.54 Å². The van der Waals surface area contributed by atoms with Gasteiger partial charge in [-0.05, 0) is 19.8 Å². The largest absolute Gasteiger partial charge is 0.331 e. The van der Waals surface area contributed by atoms with Gasteiger partial charge in [0.2, 0.25) is 0 Å². The van der Waals surface area contributed by atoms with Crippen LogP contribution in [0.5, 0.6) is 0 Å². The molecular weight excluding hydrogens is 254 g/mol. The van der Waals surface area contributed by atoms with E-state index in [1.807, 2.05) is 18.2 Å². The number of carbonyl (C=O) groups is 1. The maximum atomic E-state index is 12.7. The van der Waals surface area contributed by atoms with Crippen molar-refractivity contribution >= 4 is 17.7 Å². The van der Waals surface area contributed by atoms with E-state index in [4.69, 9.17) is 0 Å². The third kappa shape index (κ3) is 1.82. The van der Waals surface area contributed by atoms with Gasteiger partial charge in [-0.15, -0.1) is 0 Å². The number of anilines is 1. The third-order valence-electron chi connectivity index (χ3n) is 3.70. The van der Waals surface area contributed by atoms with E-state index in [9.17, 15) is 4.79 Å². The molecule has 0 saturated carbocycles. The van der Waals surface area contributed by atoms with Crippen LogP contribution in [0.2, 0.25) is 0 Å². The first kappa shape index (κ1) is 13.1. The van der Waals surface area contributed by atoms with Crippen molar-refractivity contribution in [2.45, 2.75) is 46.2 Å². The molecule has 0 unspecified atom stereocenters. The lowest BCUT2D eigenvalue weighted by atomic mass is 10.2. The molecule has 0 aromatic carbocycles. The first-order valence-electron chi connectivity index (χ1n) is 7.39. The van der Waals surface area contributed by atoms with E-state index in [2.05, 4.69) is 28.4 Å². The number of amides is 2. The Kier molecular flexibility index (Phi) is 3.23. The number of fused-ring (bicyclic) bond motifs is 3. The van der Waals surface area contributed by atoms with E-state index in [1.165, 1.54) is 0 Å². The van der Waals surface area contributed by atoms with Crippen LogP contribution >= 0.6 is 0 Å². The van der Waals surface area contributed by atoms with Crippen molar-refractivity contribution in [3.63, 3.8) is 0 Å². The number of urea groups is 1. The number of aromatic nitrogens is 2. The molecule has 0 bridgehead atoms. The SMILES string of the molecule is CCCN1C(=O)N2C[C@@H](C)N=C2c2ncn(CCC)c21. The number of hydrogen-bond donors (Lipinski definition) is 0. The first-order valence-corrected chi connectivity index (χ1v) is 7.39. The Morgan fingerprint density at radius 3 is 2.75 bits per heavy atom. The Hall–Kier alpha value is -1.85. The summed E-state index contributed by atoms with van der Waals surface area (Å²) >= 11 is 0. The van der Waals surface area contributed by atoms with Crippen molar-refractivity contribution in [2.24, 2.45) is 4.99 Å². The summed E-state index contributed by atoms with van der Waals surface area (Å²) in [6.45, 7) is 8.50. The normalized spacial score (nSPS) is 21.1. The van der Waals surface area contributed by atoms with Crippen molar-refractivity contribution < 1.29 is 4.79 Å². The highest BCUT2D eigenvalue weighted by molar-refractivity contribution is 6.18. The summed E-state index contributed by atoms with van der Waals surface area (Å²) in [5, 5.41) is 0. The van der Waals surface area contributed by atoms with Crippen molar-refractivity contribution in [3.8, 4) is 0 Å². The van der Waals surface area contributed by atoms with Gasteiger partial charge in [-0.25, -0.2) is 9.78 Å². The van der Waals surface area contributed by atoms with Crippen LogP contribution in [0.4, 0.5) is 10.6 Å². The zero-order valence-electron chi connectivity index (χ0n) is 12.3.